The van der Waals surface area contributed by atoms with Crippen molar-refractivity contribution < 1.29 is 5.11 Å². The minimum atomic E-state index is 0.258. The maximum Gasteiger partial charge on any atom is 0.138 e. The molecule has 4 heteroatoms. The summed E-state index contributed by atoms with van der Waals surface area (Å²) in [6, 6.07) is 13.1. The van der Waals surface area contributed by atoms with Gasteiger partial charge in [0.15, 0.2) is 0 Å². The lowest BCUT2D eigenvalue weighted by atomic mass is 10.1. The van der Waals surface area contributed by atoms with Gasteiger partial charge in [0.2, 0.25) is 0 Å². The molecule has 17 heavy (non-hydrogen) atoms. The maximum atomic E-state index is 9.86. The molecule has 0 spiro atoms. The van der Waals surface area contributed by atoms with Gasteiger partial charge in [-0.25, -0.2) is 4.98 Å². The lowest BCUT2D eigenvalue weighted by molar-refractivity contribution is 0.477. The highest BCUT2D eigenvalue weighted by atomic mass is 127. The van der Waals surface area contributed by atoms with Crippen molar-refractivity contribution in [2.24, 2.45) is 0 Å². The molecule has 2 heterocycles. The van der Waals surface area contributed by atoms with Crippen LogP contribution < -0.4 is 0 Å². The molecule has 3 rings (SSSR count). The summed E-state index contributed by atoms with van der Waals surface area (Å²) in [6.07, 6.45) is 1.97. The van der Waals surface area contributed by atoms with E-state index in [4.69, 9.17) is 0 Å². The van der Waals surface area contributed by atoms with E-state index in [-0.39, 0.29) is 5.75 Å². The minimum absolute atomic E-state index is 0.258. The molecule has 0 unspecified atom stereocenters. The minimum Gasteiger partial charge on any atom is -0.507 e. The number of hydrogen-bond donors (Lipinski definition) is 1. The van der Waals surface area contributed by atoms with E-state index in [1.165, 1.54) is 0 Å². The number of benzene rings is 1. The van der Waals surface area contributed by atoms with Crippen molar-refractivity contribution in [1.29, 1.82) is 0 Å². The molecule has 84 valence electrons. The first kappa shape index (κ1) is 10.6. The van der Waals surface area contributed by atoms with Gasteiger partial charge in [0, 0.05) is 11.8 Å². The molecule has 0 bridgehead atoms. The van der Waals surface area contributed by atoms with E-state index in [0.29, 0.717) is 0 Å². The summed E-state index contributed by atoms with van der Waals surface area (Å²) in [4.78, 5) is 4.54. The number of aromatic nitrogens is 2. The fraction of sp³-hybridized carbons (Fsp3) is 0. The predicted octanol–water partition coefficient (Wildman–Crippen LogP) is 3.31. The van der Waals surface area contributed by atoms with Gasteiger partial charge in [0.05, 0.1) is 0 Å². The smallest absolute Gasteiger partial charge is 0.138 e. The number of nitrogens with zero attached hydrogens (tertiary/aromatic N) is 2. The number of halogens is 1. The Hall–Kier alpha value is -1.56. The van der Waals surface area contributed by atoms with Crippen molar-refractivity contribution in [2.75, 3.05) is 0 Å². The van der Waals surface area contributed by atoms with Gasteiger partial charge in [-0.3, -0.25) is 4.40 Å². The highest BCUT2D eigenvalue weighted by Crippen LogP contribution is 2.31. The SMILES string of the molecule is Oc1ccccc1-c1nc2ccccn2c1I. The zero-order chi connectivity index (χ0) is 11.8. The Bertz CT molecular complexity index is 691. The summed E-state index contributed by atoms with van der Waals surface area (Å²) >= 11 is 2.24. The Morgan fingerprint density at radius 3 is 2.59 bits per heavy atom. The lowest BCUT2D eigenvalue weighted by Crippen LogP contribution is -1.86. The third kappa shape index (κ3) is 1.68. The summed E-state index contributed by atoms with van der Waals surface area (Å²) in [5.41, 5.74) is 2.46. The number of rotatable bonds is 1. The zero-order valence-corrected chi connectivity index (χ0v) is 11.0. The molecule has 3 aromatic rings. The van der Waals surface area contributed by atoms with Crippen molar-refractivity contribution in [3.05, 3.63) is 52.4 Å². The van der Waals surface area contributed by atoms with Gasteiger partial charge in [-0.15, -0.1) is 0 Å². The molecule has 1 aromatic carbocycles. The number of para-hydroxylation sites is 1. The van der Waals surface area contributed by atoms with Crippen LogP contribution in [0.25, 0.3) is 16.9 Å². The number of hydrogen-bond acceptors (Lipinski definition) is 2. The maximum absolute atomic E-state index is 9.86. The number of aromatic hydroxyl groups is 1. The number of imidazole rings is 1. The van der Waals surface area contributed by atoms with Crippen LogP contribution in [0.3, 0.4) is 0 Å². The van der Waals surface area contributed by atoms with Crippen LogP contribution in [0.15, 0.2) is 48.7 Å². The summed E-state index contributed by atoms with van der Waals surface area (Å²) in [7, 11) is 0. The van der Waals surface area contributed by atoms with Crippen LogP contribution in [0, 0.1) is 3.70 Å². The van der Waals surface area contributed by atoms with Crippen LogP contribution in [0.1, 0.15) is 0 Å². The van der Waals surface area contributed by atoms with Gasteiger partial charge in [-0.2, -0.15) is 0 Å². The quantitative estimate of drug-likeness (QED) is 0.693. The summed E-state index contributed by atoms with van der Waals surface area (Å²) in [5, 5.41) is 9.86. The molecule has 1 N–H and O–H groups in total. The van der Waals surface area contributed by atoms with E-state index in [9.17, 15) is 5.11 Å². The number of pyridine rings is 1. The first-order valence-electron chi connectivity index (χ1n) is 5.18. The third-order valence-electron chi connectivity index (χ3n) is 2.63. The van der Waals surface area contributed by atoms with Gasteiger partial charge in [0.1, 0.15) is 20.8 Å². The Morgan fingerprint density at radius 2 is 1.82 bits per heavy atom. The van der Waals surface area contributed by atoms with E-state index in [0.717, 1.165) is 20.6 Å². The fourth-order valence-corrected chi connectivity index (χ4v) is 2.63. The van der Waals surface area contributed by atoms with Gasteiger partial charge < -0.3 is 5.11 Å². The highest BCUT2D eigenvalue weighted by Gasteiger charge is 2.13. The van der Waals surface area contributed by atoms with Crippen molar-refractivity contribution in [3.63, 3.8) is 0 Å². The molecule has 0 atom stereocenters. The predicted molar refractivity (Wildman–Crippen MR) is 75.0 cm³/mol. The Kier molecular flexibility index (Phi) is 2.51. The second-order valence-corrected chi connectivity index (χ2v) is 4.72. The number of phenolic OH excluding ortho intramolecular Hbond substituents is 1. The van der Waals surface area contributed by atoms with E-state index in [2.05, 4.69) is 27.6 Å². The molecule has 2 aromatic heterocycles. The van der Waals surface area contributed by atoms with E-state index < -0.39 is 0 Å². The molecule has 3 nitrogen and oxygen atoms in total. The molecule has 0 aliphatic carbocycles. The molecule has 0 aliphatic rings. The number of fused-ring (bicyclic) bond motifs is 1. The molecule has 0 aliphatic heterocycles. The van der Waals surface area contributed by atoms with Crippen LogP contribution in [0.2, 0.25) is 0 Å². The molecule has 0 saturated heterocycles. The third-order valence-corrected chi connectivity index (χ3v) is 3.66. The van der Waals surface area contributed by atoms with Gasteiger partial charge in [-0.05, 0) is 46.9 Å². The second kappa shape index (κ2) is 4.03. The van der Waals surface area contributed by atoms with E-state index in [1.807, 2.05) is 47.0 Å². The van der Waals surface area contributed by atoms with Gasteiger partial charge >= 0.3 is 0 Å². The molecule has 0 saturated carbocycles. The first-order valence-corrected chi connectivity index (χ1v) is 6.26. The Morgan fingerprint density at radius 1 is 1.06 bits per heavy atom. The Balaban J connectivity index is 2.32. The summed E-state index contributed by atoms with van der Waals surface area (Å²) in [5.74, 6) is 0.258. The molecule has 0 radical (unpaired) electrons. The topological polar surface area (TPSA) is 37.5 Å². The van der Waals surface area contributed by atoms with Crippen molar-refractivity contribution >= 4 is 28.2 Å². The highest BCUT2D eigenvalue weighted by molar-refractivity contribution is 14.1. The normalized spacial score (nSPS) is 10.9. The number of phenols is 1. The summed E-state index contributed by atoms with van der Waals surface area (Å²) < 4.78 is 3.00. The van der Waals surface area contributed by atoms with Gasteiger partial charge in [0.25, 0.3) is 0 Å². The average Bonchev–Trinajstić information content (AvgIpc) is 2.68. The largest absolute Gasteiger partial charge is 0.507 e. The molecular formula is C13H9IN2O. The average molecular weight is 336 g/mol. The summed E-state index contributed by atoms with van der Waals surface area (Å²) in [6.45, 7) is 0. The van der Waals surface area contributed by atoms with Crippen LogP contribution in [-0.2, 0) is 0 Å². The van der Waals surface area contributed by atoms with E-state index >= 15 is 0 Å². The van der Waals surface area contributed by atoms with Crippen LogP contribution in [0.5, 0.6) is 5.75 Å². The zero-order valence-electron chi connectivity index (χ0n) is 8.84. The van der Waals surface area contributed by atoms with Crippen molar-refractivity contribution in [2.45, 2.75) is 0 Å². The van der Waals surface area contributed by atoms with Crippen LogP contribution in [-0.4, -0.2) is 14.5 Å². The Labute approximate surface area is 112 Å². The van der Waals surface area contributed by atoms with E-state index in [1.54, 1.807) is 6.07 Å². The van der Waals surface area contributed by atoms with Gasteiger partial charge in [-0.1, -0.05) is 18.2 Å². The second-order valence-electron chi connectivity index (χ2n) is 3.70. The van der Waals surface area contributed by atoms with Crippen LogP contribution >= 0.6 is 22.6 Å². The molecular weight excluding hydrogens is 327 g/mol. The fourth-order valence-electron chi connectivity index (χ4n) is 1.81. The molecule has 0 amide bonds. The first-order chi connectivity index (χ1) is 8.27. The standard InChI is InChI=1S/C13H9IN2O/c14-13-12(9-5-1-2-6-10(9)17)15-11-7-3-4-8-16(11)13/h1-8,17H. The monoisotopic (exact) mass is 336 g/mol. The lowest BCUT2D eigenvalue weighted by Gasteiger charge is -2.00. The molecule has 0 fully saturated rings. The van der Waals surface area contributed by atoms with Crippen LogP contribution in [0.4, 0.5) is 0 Å². The van der Waals surface area contributed by atoms with Crippen molar-refractivity contribution in [1.82, 2.24) is 9.38 Å². The van der Waals surface area contributed by atoms with Crippen molar-refractivity contribution in [3.8, 4) is 17.0 Å².